The third-order valence-electron chi connectivity index (χ3n) is 3.77. The lowest BCUT2D eigenvalue weighted by molar-refractivity contribution is -0.148. The van der Waals surface area contributed by atoms with Crippen molar-refractivity contribution in [3.63, 3.8) is 0 Å². The molecule has 0 saturated heterocycles. The van der Waals surface area contributed by atoms with Crippen LogP contribution in [0.15, 0.2) is 48.5 Å². The van der Waals surface area contributed by atoms with E-state index in [9.17, 15) is 18.8 Å². The monoisotopic (exact) mass is 357 g/mol. The lowest BCUT2D eigenvalue weighted by Gasteiger charge is -2.17. The third-order valence-corrected chi connectivity index (χ3v) is 3.77. The van der Waals surface area contributed by atoms with Gasteiger partial charge in [-0.25, -0.2) is 9.18 Å². The van der Waals surface area contributed by atoms with Crippen LogP contribution in [0.5, 0.6) is 0 Å². The molecule has 0 radical (unpaired) electrons. The number of nitrogens with one attached hydrogen (secondary N) is 1. The van der Waals surface area contributed by atoms with Crippen LogP contribution in [0, 0.1) is 12.7 Å². The fraction of sp³-hybridized carbons (Fsp3) is 0.250. The Morgan fingerprint density at radius 3 is 2.27 bits per heavy atom. The fourth-order valence-corrected chi connectivity index (χ4v) is 2.30. The number of carbonyl (C=O) groups is 3. The summed E-state index contributed by atoms with van der Waals surface area (Å²) in [6.45, 7) is 4.76. The second-order valence-corrected chi connectivity index (χ2v) is 6.01. The molecule has 0 spiro atoms. The van der Waals surface area contributed by atoms with E-state index in [1.54, 1.807) is 18.2 Å². The number of halogens is 1. The first-order valence-corrected chi connectivity index (χ1v) is 8.15. The van der Waals surface area contributed by atoms with Gasteiger partial charge >= 0.3 is 5.97 Å². The van der Waals surface area contributed by atoms with Crippen LogP contribution in [0.4, 0.5) is 4.39 Å². The van der Waals surface area contributed by atoms with E-state index in [1.165, 1.54) is 26.0 Å². The van der Waals surface area contributed by atoms with E-state index < -0.39 is 35.6 Å². The summed E-state index contributed by atoms with van der Waals surface area (Å²) in [5.74, 6) is -2.04. The summed E-state index contributed by atoms with van der Waals surface area (Å²) in [5, 5.41) is 2.54. The van der Waals surface area contributed by atoms with Crippen molar-refractivity contribution in [1.29, 1.82) is 0 Å². The van der Waals surface area contributed by atoms with Gasteiger partial charge in [0.15, 0.2) is 6.10 Å². The van der Waals surface area contributed by atoms with Crippen molar-refractivity contribution in [2.75, 3.05) is 0 Å². The molecule has 0 saturated carbocycles. The molecule has 6 heteroatoms. The largest absolute Gasteiger partial charge is 0.453 e. The lowest BCUT2D eigenvalue weighted by Crippen LogP contribution is -2.41. The van der Waals surface area contributed by atoms with Crippen LogP contribution in [0.1, 0.15) is 40.1 Å². The van der Waals surface area contributed by atoms with Crippen LogP contribution in [0.3, 0.4) is 0 Å². The van der Waals surface area contributed by atoms with Crippen LogP contribution < -0.4 is 5.32 Å². The van der Waals surface area contributed by atoms with Gasteiger partial charge in [0.05, 0.1) is 0 Å². The average molecular weight is 357 g/mol. The predicted octanol–water partition coefficient (Wildman–Crippen LogP) is 3.07. The van der Waals surface area contributed by atoms with Crippen LogP contribution in [0.25, 0.3) is 0 Å². The molecule has 2 atom stereocenters. The zero-order valence-electron chi connectivity index (χ0n) is 14.8. The van der Waals surface area contributed by atoms with Gasteiger partial charge in [0, 0.05) is 11.1 Å². The number of hydrogen-bond acceptors (Lipinski definition) is 4. The maximum Gasteiger partial charge on any atom is 0.329 e. The van der Waals surface area contributed by atoms with Crippen molar-refractivity contribution in [2.45, 2.75) is 32.9 Å². The number of amides is 1. The summed E-state index contributed by atoms with van der Waals surface area (Å²) >= 11 is 0. The number of rotatable bonds is 6. The van der Waals surface area contributed by atoms with Crippen molar-refractivity contribution in [3.05, 3.63) is 71.0 Å². The van der Waals surface area contributed by atoms with E-state index in [-0.39, 0.29) is 5.56 Å². The number of aryl methyl sites for hydroxylation is 1. The van der Waals surface area contributed by atoms with Gasteiger partial charge in [0.1, 0.15) is 11.9 Å². The lowest BCUT2D eigenvalue weighted by atomic mass is 10.1. The van der Waals surface area contributed by atoms with Crippen LogP contribution in [0.2, 0.25) is 0 Å². The summed E-state index contributed by atoms with van der Waals surface area (Å²) in [6.07, 6.45) is -1.05. The van der Waals surface area contributed by atoms with Gasteiger partial charge in [-0.3, -0.25) is 9.59 Å². The molecular weight excluding hydrogens is 337 g/mol. The minimum atomic E-state index is -1.05. The zero-order valence-corrected chi connectivity index (χ0v) is 14.8. The van der Waals surface area contributed by atoms with Gasteiger partial charge in [-0.05, 0) is 57.2 Å². The molecule has 0 aliphatic rings. The Labute approximate surface area is 151 Å². The molecule has 2 rings (SSSR count). The van der Waals surface area contributed by atoms with Gasteiger partial charge in [-0.1, -0.05) is 17.7 Å². The summed E-state index contributed by atoms with van der Waals surface area (Å²) in [6, 6.07) is 11.0. The zero-order chi connectivity index (χ0) is 19.3. The Morgan fingerprint density at radius 1 is 1.00 bits per heavy atom. The van der Waals surface area contributed by atoms with Gasteiger partial charge < -0.3 is 10.1 Å². The van der Waals surface area contributed by atoms with E-state index in [2.05, 4.69) is 5.32 Å². The van der Waals surface area contributed by atoms with Crippen molar-refractivity contribution in [3.8, 4) is 0 Å². The second-order valence-electron chi connectivity index (χ2n) is 6.01. The smallest absolute Gasteiger partial charge is 0.329 e. The number of benzene rings is 2. The molecule has 26 heavy (non-hydrogen) atoms. The standard InChI is InChI=1S/C20H20FNO4/c1-12-5-4-6-16(11-12)19(24)22-13(2)20(25)26-14(3)18(23)15-7-9-17(21)10-8-15/h4-11,13-14H,1-3H3,(H,22,24)/t13-,14+/m0/s1. The Kier molecular flexibility index (Phi) is 6.22. The van der Waals surface area contributed by atoms with Gasteiger partial charge in [-0.2, -0.15) is 0 Å². The van der Waals surface area contributed by atoms with Crippen molar-refractivity contribution < 1.29 is 23.5 Å². The minimum Gasteiger partial charge on any atom is -0.453 e. The topological polar surface area (TPSA) is 72.5 Å². The van der Waals surface area contributed by atoms with Gasteiger partial charge in [-0.15, -0.1) is 0 Å². The van der Waals surface area contributed by atoms with E-state index in [4.69, 9.17) is 4.74 Å². The highest BCUT2D eigenvalue weighted by Gasteiger charge is 2.24. The Bertz CT molecular complexity index is 817. The molecule has 0 aromatic heterocycles. The van der Waals surface area contributed by atoms with E-state index in [0.29, 0.717) is 5.56 Å². The number of ether oxygens (including phenoxy) is 1. The molecule has 0 unspecified atom stereocenters. The van der Waals surface area contributed by atoms with Gasteiger partial charge in [0.2, 0.25) is 5.78 Å². The molecule has 0 aliphatic carbocycles. The summed E-state index contributed by atoms with van der Waals surface area (Å²) in [4.78, 5) is 36.5. The number of Topliss-reactive ketones (excluding diaryl/α,β-unsaturated/α-hetero) is 1. The Balaban J connectivity index is 1.94. The highest BCUT2D eigenvalue weighted by atomic mass is 19.1. The predicted molar refractivity (Wildman–Crippen MR) is 94.4 cm³/mol. The maximum absolute atomic E-state index is 12.9. The summed E-state index contributed by atoms with van der Waals surface area (Å²) in [7, 11) is 0. The molecule has 136 valence electrons. The molecule has 2 aromatic carbocycles. The fourth-order valence-electron chi connectivity index (χ4n) is 2.30. The SMILES string of the molecule is Cc1cccc(C(=O)N[C@@H](C)C(=O)O[C@H](C)C(=O)c2ccc(F)cc2)c1. The quantitative estimate of drug-likeness (QED) is 0.637. The van der Waals surface area contributed by atoms with Crippen molar-refractivity contribution in [2.24, 2.45) is 0 Å². The molecule has 2 aromatic rings. The maximum atomic E-state index is 12.9. The van der Waals surface area contributed by atoms with Crippen LogP contribution in [-0.2, 0) is 9.53 Å². The molecule has 0 heterocycles. The number of esters is 1. The van der Waals surface area contributed by atoms with E-state index >= 15 is 0 Å². The average Bonchev–Trinajstić information content (AvgIpc) is 2.61. The van der Waals surface area contributed by atoms with Crippen LogP contribution >= 0.6 is 0 Å². The highest BCUT2D eigenvalue weighted by molar-refractivity contribution is 6.01. The Hall–Kier alpha value is -3.02. The van der Waals surface area contributed by atoms with Crippen LogP contribution in [-0.4, -0.2) is 29.8 Å². The molecule has 0 bridgehead atoms. The third kappa shape index (κ3) is 4.99. The number of carbonyl (C=O) groups excluding carboxylic acids is 3. The first-order valence-electron chi connectivity index (χ1n) is 8.15. The van der Waals surface area contributed by atoms with E-state index in [1.807, 2.05) is 13.0 Å². The first-order chi connectivity index (χ1) is 12.3. The van der Waals surface area contributed by atoms with Crippen molar-refractivity contribution in [1.82, 2.24) is 5.32 Å². The molecule has 1 amide bonds. The second kappa shape index (κ2) is 8.38. The molecular formula is C20H20FNO4. The first kappa shape index (κ1) is 19.3. The highest BCUT2D eigenvalue weighted by Crippen LogP contribution is 2.09. The summed E-state index contributed by atoms with van der Waals surface area (Å²) < 4.78 is 18.0. The Morgan fingerprint density at radius 2 is 1.65 bits per heavy atom. The number of ketones is 1. The van der Waals surface area contributed by atoms with Crippen molar-refractivity contribution >= 4 is 17.7 Å². The molecule has 1 N–H and O–H groups in total. The van der Waals surface area contributed by atoms with Gasteiger partial charge in [0.25, 0.3) is 5.91 Å². The molecule has 0 fully saturated rings. The normalized spacial score (nSPS) is 12.8. The van der Waals surface area contributed by atoms with E-state index in [0.717, 1.165) is 17.7 Å². The number of hydrogen-bond donors (Lipinski definition) is 1. The molecule has 5 nitrogen and oxygen atoms in total. The minimum absolute atomic E-state index is 0.239. The molecule has 0 aliphatic heterocycles. The summed E-state index contributed by atoms with van der Waals surface area (Å²) in [5.41, 5.74) is 1.59.